The van der Waals surface area contributed by atoms with Gasteiger partial charge in [0.05, 0.1) is 0 Å². The zero-order valence-corrected chi connectivity index (χ0v) is 22.4. The predicted molar refractivity (Wildman–Crippen MR) is 149 cm³/mol. The highest BCUT2D eigenvalue weighted by molar-refractivity contribution is 5.92. The molecule has 2 amide bonds. The number of aromatic nitrogens is 2. The Hall–Kier alpha value is -4.02. The molecule has 2 heterocycles. The molecule has 0 radical (unpaired) electrons. The first-order valence-corrected chi connectivity index (χ1v) is 12.7. The number of benzene rings is 2. The van der Waals surface area contributed by atoms with E-state index < -0.39 is 12.2 Å². The number of fused-ring (bicyclic) bond motifs is 2. The average molecular weight is 521 g/mol. The molecule has 2 aromatic heterocycles. The van der Waals surface area contributed by atoms with E-state index in [1.165, 1.54) is 0 Å². The Kier molecular flexibility index (Phi) is 8.88. The summed E-state index contributed by atoms with van der Waals surface area (Å²) in [6.45, 7) is 2.14. The maximum atomic E-state index is 12.5. The standard InChI is InChI=1S/C28H36N6O4/c1-33(2)15-11-19-17-31-21-7-5-9-23(25(19)21)37-27(35)29-13-14-30-28(36)38-24-10-6-8-22-26(24)20(18-32-22)12-16-34(3)4/h5-10,17-18,31-32H,11-16H2,1-4H3,(H,29,35)(H,30,36). The summed E-state index contributed by atoms with van der Waals surface area (Å²) in [5.41, 5.74) is 4.00. The third-order valence-electron chi connectivity index (χ3n) is 6.22. The van der Waals surface area contributed by atoms with Gasteiger partial charge in [-0.3, -0.25) is 0 Å². The van der Waals surface area contributed by atoms with E-state index in [0.29, 0.717) is 11.5 Å². The van der Waals surface area contributed by atoms with Crippen LogP contribution >= 0.6 is 0 Å². The Morgan fingerprint density at radius 1 is 0.711 bits per heavy atom. The molecular formula is C28H36N6O4. The van der Waals surface area contributed by atoms with Crippen LogP contribution in [0.25, 0.3) is 21.8 Å². The lowest BCUT2D eigenvalue weighted by atomic mass is 10.1. The fraction of sp³-hybridized carbons (Fsp3) is 0.357. The second-order valence-corrected chi connectivity index (χ2v) is 9.72. The van der Waals surface area contributed by atoms with Crippen LogP contribution in [0.3, 0.4) is 0 Å². The maximum absolute atomic E-state index is 12.5. The van der Waals surface area contributed by atoms with Crippen LogP contribution in [0.15, 0.2) is 48.8 Å². The predicted octanol–water partition coefficient (Wildman–Crippen LogP) is 3.73. The fourth-order valence-electron chi connectivity index (χ4n) is 4.29. The number of hydrogen-bond acceptors (Lipinski definition) is 6. The Balaban J connectivity index is 1.28. The number of nitrogens with zero attached hydrogens (tertiary/aromatic N) is 2. The van der Waals surface area contributed by atoms with Crippen molar-refractivity contribution in [3.8, 4) is 11.5 Å². The van der Waals surface area contributed by atoms with Crippen LogP contribution in [-0.4, -0.2) is 86.3 Å². The SMILES string of the molecule is CN(C)CCc1c[nH]c2cccc(OC(=O)NCCNC(=O)Oc3cccc4[nH]cc(CCN(C)C)c34)c12. The summed E-state index contributed by atoms with van der Waals surface area (Å²) in [6, 6.07) is 11.1. The van der Waals surface area contributed by atoms with Gasteiger partial charge in [-0.25, -0.2) is 9.59 Å². The second kappa shape index (κ2) is 12.5. The molecule has 202 valence electrons. The lowest BCUT2D eigenvalue weighted by Gasteiger charge is -2.12. The molecule has 2 aromatic carbocycles. The van der Waals surface area contributed by atoms with E-state index in [4.69, 9.17) is 9.47 Å². The summed E-state index contributed by atoms with van der Waals surface area (Å²) < 4.78 is 11.2. The molecule has 0 saturated heterocycles. The number of likely N-dealkylation sites (N-methyl/N-ethyl adjacent to an activating group) is 2. The number of amides is 2. The van der Waals surface area contributed by atoms with Gasteiger partial charge in [0.25, 0.3) is 0 Å². The number of carbonyl (C=O) groups excluding carboxylic acids is 2. The Bertz CT molecular complexity index is 1280. The Morgan fingerprint density at radius 3 is 1.53 bits per heavy atom. The van der Waals surface area contributed by atoms with E-state index in [-0.39, 0.29) is 13.1 Å². The molecule has 0 saturated carbocycles. The highest BCUT2D eigenvalue weighted by Crippen LogP contribution is 2.30. The van der Waals surface area contributed by atoms with E-state index in [9.17, 15) is 9.59 Å². The topological polar surface area (TPSA) is 115 Å². The number of ether oxygens (including phenoxy) is 2. The van der Waals surface area contributed by atoms with Gasteiger partial charge in [0, 0.05) is 60.4 Å². The Labute approximate surface area is 222 Å². The van der Waals surface area contributed by atoms with E-state index >= 15 is 0 Å². The second-order valence-electron chi connectivity index (χ2n) is 9.72. The molecule has 10 nitrogen and oxygen atoms in total. The van der Waals surface area contributed by atoms with Crippen molar-refractivity contribution in [2.45, 2.75) is 12.8 Å². The summed E-state index contributed by atoms with van der Waals surface area (Å²) in [6.07, 6.45) is 4.38. The largest absolute Gasteiger partial charge is 0.412 e. The van der Waals surface area contributed by atoms with Crippen LogP contribution < -0.4 is 20.1 Å². The average Bonchev–Trinajstić information content (AvgIpc) is 3.49. The summed E-state index contributed by atoms with van der Waals surface area (Å²) in [5.74, 6) is 0.985. The van der Waals surface area contributed by atoms with E-state index in [2.05, 4.69) is 30.4 Å². The maximum Gasteiger partial charge on any atom is 0.412 e. The summed E-state index contributed by atoms with van der Waals surface area (Å²) in [5, 5.41) is 7.16. The highest BCUT2D eigenvalue weighted by atomic mass is 16.6. The van der Waals surface area contributed by atoms with Crippen LogP contribution in [-0.2, 0) is 12.8 Å². The van der Waals surface area contributed by atoms with Crippen molar-refractivity contribution < 1.29 is 19.1 Å². The first-order valence-electron chi connectivity index (χ1n) is 12.7. The third kappa shape index (κ3) is 6.84. The molecule has 4 rings (SSSR count). The van der Waals surface area contributed by atoms with E-state index in [0.717, 1.165) is 58.9 Å². The van der Waals surface area contributed by atoms with Gasteiger partial charge >= 0.3 is 12.2 Å². The molecule has 4 N–H and O–H groups in total. The van der Waals surface area contributed by atoms with Gasteiger partial charge in [-0.2, -0.15) is 0 Å². The number of rotatable bonds is 11. The normalized spacial score (nSPS) is 11.4. The van der Waals surface area contributed by atoms with Gasteiger partial charge in [-0.05, 0) is 76.4 Å². The first kappa shape index (κ1) is 27.0. The third-order valence-corrected chi connectivity index (χ3v) is 6.22. The molecule has 0 atom stereocenters. The van der Waals surface area contributed by atoms with Crippen LogP contribution in [0.4, 0.5) is 9.59 Å². The molecule has 0 aliphatic rings. The van der Waals surface area contributed by atoms with Crippen LogP contribution in [0.2, 0.25) is 0 Å². The number of aromatic amines is 2. The van der Waals surface area contributed by atoms with E-state index in [1.54, 1.807) is 12.1 Å². The molecule has 0 aliphatic heterocycles. The molecule has 4 aromatic rings. The monoisotopic (exact) mass is 520 g/mol. The minimum Gasteiger partial charge on any atom is -0.410 e. The quantitative estimate of drug-likeness (QED) is 0.224. The molecule has 0 bridgehead atoms. The summed E-state index contributed by atoms with van der Waals surface area (Å²) in [7, 11) is 8.09. The first-order chi connectivity index (χ1) is 18.3. The minimum atomic E-state index is -0.588. The fourth-order valence-corrected chi connectivity index (χ4v) is 4.29. The van der Waals surface area contributed by atoms with Gasteiger partial charge in [0.15, 0.2) is 0 Å². The number of carbonyl (C=O) groups is 2. The zero-order valence-electron chi connectivity index (χ0n) is 22.4. The van der Waals surface area contributed by atoms with Gasteiger partial charge in [0.1, 0.15) is 11.5 Å². The van der Waals surface area contributed by atoms with Crippen LogP contribution in [0.5, 0.6) is 11.5 Å². The van der Waals surface area contributed by atoms with Crippen molar-refractivity contribution >= 4 is 34.0 Å². The van der Waals surface area contributed by atoms with E-state index in [1.807, 2.05) is 64.8 Å². The number of hydrogen-bond donors (Lipinski definition) is 4. The molecular weight excluding hydrogens is 484 g/mol. The molecule has 0 unspecified atom stereocenters. The molecule has 10 heteroatoms. The Morgan fingerprint density at radius 2 is 1.13 bits per heavy atom. The summed E-state index contributed by atoms with van der Waals surface area (Å²) >= 11 is 0. The van der Waals surface area contributed by atoms with Crippen molar-refractivity contribution in [1.29, 1.82) is 0 Å². The van der Waals surface area contributed by atoms with Crippen LogP contribution in [0, 0.1) is 0 Å². The van der Waals surface area contributed by atoms with Gasteiger partial charge in [0.2, 0.25) is 0 Å². The van der Waals surface area contributed by atoms with Crippen molar-refractivity contribution in [2.75, 3.05) is 54.4 Å². The lowest BCUT2D eigenvalue weighted by Crippen LogP contribution is -2.37. The van der Waals surface area contributed by atoms with Crippen molar-refractivity contribution in [2.24, 2.45) is 0 Å². The van der Waals surface area contributed by atoms with Gasteiger partial charge < -0.3 is 39.9 Å². The van der Waals surface area contributed by atoms with Gasteiger partial charge in [-0.1, -0.05) is 12.1 Å². The number of H-pyrrole nitrogens is 2. The molecule has 0 spiro atoms. The smallest absolute Gasteiger partial charge is 0.410 e. The summed E-state index contributed by atoms with van der Waals surface area (Å²) in [4.78, 5) is 35.6. The van der Waals surface area contributed by atoms with Gasteiger partial charge in [-0.15, -0.1) is 0 Å². The van der Waals surface area contributed by atoms with Crippen molar-refractivity contribution in [3.05, 3.63) is 59.9 Å². The minimum absolute atomic E-state index is 0.187. The highest BCUT2D eigenvalue weighted by Gasteiger charge is 2.15. The zero-order chi connectivity index (χ0) is 27.1. The molecule has 0 aliphatic carbocycles. The lowest BCUT2D eigenvalue weighted by molar-refractivity contribution is 0.196. The van der Waals surface area contributed by atoms with Crippen LogP contribution in [0.1, 0.15) is 11.1 Å². The van der Waals surface area contributed by atoms with Crippen molar-refractivity contribution in [1.82, 2.24) is 30.4 Å². The molecule has 0 fully saturated rings. The molecule has 38 heavy (non-hydrogen) atoms. The number of nitrogens with one attached hydrogen (secondary N) is 4. The van der Waals surface area contributed by atoms with Crippen molar-refractivity contribution in [3.63, 3.8) is 0 Å².